The van der Waals surface area contributed by atoms with Crippen molar-refractivity contribution in [3.05, 3.63) is 60.8 Å². The van der Waals surface area contributed by atoms with Crippen LogP contribution < -0.4 is 4.90 Å². The van der Waals surface area contributed by atoms with Crippen molar-refractivity contribution in [1.82, 2.24) is 4.42 Å². The van der Waals surface area contributed by atoms with Gasteiger partial charge in [0.25, 0.3) is 10.1 Å². The maximum atomic E-state index is 11.5. The molecule has 2 atom stereocenters. The van der Waals surface area contributed by atoms with Crippen molar-refractivity contribution in [3.63, 3.8) is 0 Å². The lowest BCUT2D eigenvalue weighted by Crippen LogP contribution is -2.47. The van der Waals surface area contributed by atoms with E-state index in [2.05, 4.69) is 9.89 Å². The highest BCUT2D eigenvalue weighted by Gasteiger charge is 2.36. The number of para-hydroxylation sites is 2. The number of nitrogens with zero attached hydrogens (tertiary/aromatic N) is 3. The molecule has 2 aliphatic heterocycles. The average Bonchev–Trinajstić information content (AvgIpc) is 2.67. The second-order valence-electron chi connectivity index (χ2n) is 6.45. The molecule has 0 fully saturated rings. The molecule has 4 rings (SSSR count). The minimum Gasteiger partial charge on any atom is -0.332 e. The van der Waals surface area contributed by atoms with Crippen LogP contribution in [0.5, 0.6) is 0 Å². The van der Waals surface area contributed by atoms with Gasteiger partial charge >= 0.3 is 0 Å². The van der Waals surface area contributed by atoms with Crippen LogP contribution in [-0.2, 0) is 10.1 Å². The zero-order chi connectivity index (χ0) is 19.7. The molecule has 0 spiro atoms. The Morgan fingerprint density at radius 1 is 1.11 bits per heavy atom. The third kappa shape index (κ3) is 3.91. The van der Waals surface area contributed by atoms with Crippen LogP contribution >= 0.6 is 23.5 Å². The molecule has 0 saturated carbocycles. The molecule has 2 unspecified atom stereocenters. The quantitative estimate of drug-likeness (QED) is 0.557. The smallest absolute Gasteiger partial charge is 0.264 e. The number of fused-ring (bicyclic) bond motifs is 2. The molecule has 2 aromatic rings. The Morgan fingerprint density at radius 3 is 2.29 bits per heavy atom. The molecule has 2 aromatic carbocycles. The highest BCUT2D eigenvalue weighted by atomic mass is 35.5. The molecule has 28 heavy (non-hydrogen) atoms. The summed E-state index contributed by atoms with van der Waals surface area (Å²) in [4.78, 5) is 8.70. The number of halogens is 1. The fourth-order valence-corrected chi connectivity index (χ4v) is 5.30. The third-order valence-corrected chi connectivity index (χ3v) is 6.82. The van der Waals surface area contributed by atoms with Gasteiger partial charge in [0.05, 0.1) is 23.2 Å². The number of hydrogen-bond donors (Lipinski definition) is 1. The van der Waals surface area contributed by atoms with E-state index >= 15 is 0 Å². The second-order valence-corrected chi connectivity index (χ2v) is 9.49. The summed E-state index contributed by atoms with van der Waals surface area (Å²) in [6.45, 7) is 0. The molecule has 2 heterocycles. The van der Waals surface area contributed by atoms with Crippen LogP contribution in [-0.4, -0.2) is 41.6 Å². The first-order valence-electron chi connectivity index (χ1n) is 8.68. The van der Waals surface area contributed by atoms with E-state index in [-0.39, 0.29) is 12.2 Å². The maximum Gasteiger partial charge on any atom is 0.264 e. The molecule has 9 heteroatoms. The summed E-state index contributed by atoms with van der Waals surface area (Å²) >= 11 is 8.06. The minimum absolute atomic E-state index is 0.158. The van der Waals surface area contributed by atoms with Crippen LogP contribution in [0, 0.1) is 0 Å². The molecule has 0 aliphatic carbocycles. The number of aliphatic imine (C=N–C) groups is 1. The number of benzene rings is 2. The van der Waals surface area contributed by atoms with Gasteiger partial charge in [0, 0.05) is 34.0 Å². The van der Waals surface area contributed by atoms with Gasteiger partial charge in [-0.1, -0.05) is 36.0 Å². The predicted octanol–water partition coefficient (Wildman–Crippen LogP) is 4.32. The van der Waals surface area contributed by atoms with Gasteiger partial charge in [-0.15, -0.1) is 0 Å². The zero-order valence-corrected chi connectivity index (χ0v) is 17.1. The maximum absolute atomic E-state index is 11.5. The monoisotopic (exact) mass is 435 g/mol. The van der Waals surface area contributed by atoms with Crippen LogP contribution in [0.1, 0.15) is 6.42 Å². The van der Waals surface area contributed by atoms with Crippen molar-refractivity contribution >= 4 is 51.2 Å². The molecular weight excluding hydrogens is 418 g/mol. The van der Waals surface area contributed by atoms with Crippen molar-refractivity contribution in [3.8, 4) is 0 Å². The fraction of sp³-hybridized carbons (Fsp3) is 0.211. The summed E-state index contributed by atoms with van der Waals surface area (Å²) in [7, 11) is -4.13. The van der Waals surface area contributed by atoms with Crippen LogP contribution in [0.2, 0.25) is 0 Å². The first-order chi connectivity index (χ1) is 13.4. The van der Waals surface area contributed by atoms with Gasteiger partial charge in [-0.25, -0.2) is 0 Å². The normalized spacial score (nSPS) is 19.3. The molecule has 0 bridgehead atoms. The Kier molecular flexibility index (Phi) is 5.37. The van der Waals surface area contributed by atoms with Gasteiger partial charge in [-0.05, 0) is 36.8 Å². The lowest BCUT2D eigenvalue weighted by molar-refractivity contribution is 0.356. The van der Waals surface area contributed by atoms with Gasteiger partial charge in [0.2, 0.25) is 0 Å². The summed E-state index contributed by atoms with van der Waals surface area (Å²) in [5.74, 6) is -0.383. The number of anilines is 2. The van der Waals surface area contributed by atoms with Gasteiger partial charge in [-0.2, -0.15) is 8.42 Å². The Balaban J connectivity index is 1.83. The molecule has 0 amide bonds. The van der Waals surface area contributed by atoms with Crippen molar-refractivity contribution in [2.24, 2.45) is 4.99 Å². The highest BCUT2D eigenvalue weighted by molar-refractivity contribution is 7.99. The molecule has 0 radical (unpaired) electrons. The van der Waals surface area contributed by atoms with Crippen molar-refractivity contribution in [1.29, 1.82) is 0 Å². The minimum atomic E-state index is -4.13. The zero-order valence-electron chi connectivity index (χ0n) is 14.7. The average molecular weight is 436 g/mol. The molecular formula is C19H18ClN3O3S2. The van der Waals surface area contributed by atoms with E-state index in [1.54, 1.807) is 30.3 Å². The van der Waals surface area contributed by atoms with Gasteiger partial charge in [-0.3, -0.25) is 14.0 Å². The Labute approximate surface area is 173 Å². The van der Waals surface area contributed by atoms with E-state index in [0.717, 1.165) is 21.2 Å². The molecule has 2 aliphatic rings. The van der Waals surface area contributed by atoms with Crippen molar-refractivity contribution in [2.75, 3.05) is 10.7 Å². The van der Waals surface area contributed by atoms with E-state index in [4.69, 9.17) is 11.8 Å². The Hall–Kier alpha value is -2.00. The molecule has 1 N–H and O–H groups in total. The highest BCUT2D eigenvalue weighted by Crippen LogP contribution is 2.49. The van der Waals surface area contributed by atoms with E-state index in [1.165, 1.54) is 4.42 Å². The van der Waals surface area contributed by atoms with E-state index < -0.39 is 22.3 Å². The number of hydrogen-bond acceptors (Lipinski definition) is 6. The summed E-state index contributed by atoms with van der Waals surface area (Å²) in [6, 6.07) is 15.5. The van der Waals surface area contributed by atoms with Gasteiger partial charge < -0.3 is 4.90 Å². The SMILES string of the molecule is O=S(=O)(O)CCC(C1N=CC=CN1Cl)N1c2ccccc2Sc2ccccc21. The number of allylic oxidation sites excluding steroid dienone is 1. The summed E-state index contributed by atoms with van der Waals surface area (Å²) in [6.07, 6.45) is 4.71. The first kappa shape index (κ1) is 19.3. The van der Waals surface area contributed by atoms with Gasteiger partial charge in [0.15, 0.2) is 6.17 Å². The summed E-state index contributed by atoms with van der Waals surface area (Å²) in [5.41, 5.74) is 1.92. The Morgan fingerprint density at radius 2 is 1.71 bits per heavy atom. The van der Waals surface area contributed by atoms with E-state index in [1.807, 2.05) is 48.5 Å². The van der Waals surface area contributed by atoms with E-state index in [9.17, 15) is 13.0 Å². The molecule has 146 valence electrons. The molecule has 0 aromatic heterocycles. The van der Waals surface area contributed by atoms with Gasteiger partial charge in [0.1, 0.15) is 0 Å². The van der Waals surface area contributed by atoms with Crippen molar-refractivity contribution in [2.45, 2.75) is 28.4 Å². The standard InChI is InChI=1S/C19H18ClN3O3S2/c20-22-12-5-11-21-19(22)16(10-13-28(24,25)26)23-14-6-1-3-8-17(14)27-18-9-4-2-7-15(18)23/h1-9,11-12,16,19H,10,13H2,(H,24,25,26). The molecule has 0 saturated heterocycles. The predicted molar refractivity (Wildman–Crippen MR) is 113 cm³/mol. The molecule has 6 nitrogen and oxygen atoms in total. The summed E-state index contributed by atoms with van der Waals surface area (Å²) in [5, 5.41) is 0. The topological polar surface area (TPSA) is 73.2 Å². The third-order valence-electron chi connectivity index (χ3n) is 4.62. The van der Waals surface area contributed by atoms with Crippen LogP contribution in [0.4, 0.5) is 11.4 Å². The van der Waals surface area contributed by atoms with Crippen LogP contribution in [0.25, 0.3) is 0 Å². The van der Waals surface area contributed by atoms with Crippen LogP contribution in [0.15, 0.2) is 75.6 Å². The van der Waals surface area contributed by atoms with E-state index in [0.29, 0.717) is 0 Å². The summed E-state index contributed by atoms with van der Waals surface area (Å²) < 4.78 is 33.8. The number of rotatable bonds is 5. The van der Waals surface area contributed by atoms with Crippen molar-refractivity contribution < 1.29 is 13.0 Å². The fourth-order valence-electron chi connectivity index (χ4n) is 3.45. The lowest BCUT2D eigenvalue weighted by atomic mass is 10.1. The second kappa shape index (κ2) is 7.79. The largest absolute Gasteiger partial charge is 0.332 e. The Bertz CT molecular complexity index is 997. The first-order valence-corrected chi connectivity index (χ1v) is 11.4. The lowest BCUT2D eigenvalue weighted by Gasteiger charge is -2.42. The van der Waals surface area contributed by atoms with Crippen LogP contribution in [0.3, 0.4) is 0 Å².